The number of para-hydroxylation sites is 1. The SMILES string of the molecule is Cc1oc(-c2cccs2)nc1CN(C)c1ccccc1. The van der Waals surface area contributed by atoms with Crippen LogP contribution in [0.5, 0.6) is 0 Å². The third-order valence-corrected chi connectivity index (χ3v) is 4.07. The summed E-state index contributed by atoms with van der Waals surface area (Å²) >= 11 is 1.64. The highest BCUT2D eigenvalue weighted by atomic mass is 32.1. The third-order valence-electron chi connectivity index (χ3n) is 3.21. The maximum absolute atomic E-state index is 5.77. The van der Waals surface area contributed by atoms with Crippen molar-refractivity contribution in [3.8, 4) is 10.8 Å². The van der Waals surface area contributed by atoms with Gasteiger partial charge in [0.1, 0.15) is 11.5 Å². The molecule has 0 aliphatic heterocycles. The van der Waals surface area contributed by atoms with E-state index in [2.05, 4.69) is 29.1 Å². The zero-order valence-electron chi connectivity index (χ0n) is 11.5. The van der Waals surface area contributed by atoms with Gasteiger partial charge in [-0.1, -0.05) is 24.3 Å². The number of benzene rings is 1. The predicted octanol–water partition coefficient (Wildman–Crippen LogP) is 4.35. The lowest BCUT2D eigenvalue weighted by atomic mass is 10.2. The molecule has 0 amide bonds. The summed E-state index contributed by atoms with van der Waals surface area (Å²) in [5.74, 6) is 1.60. The Hall–Kier alpha value is -2.07. The van der Waals surface area contributed by atoms with Crippen LogP contribution >= 0.6 is 11.3 Å². The van der Waals surface area contributed by atoms with Crippen LogP contribution in [0.3, 0.4) is 0 Å². The van der Waals surface area contributed by atoms with Crippen LogP contribution in [-0.2, 0) is 6.54 Å². The Bertz CT molecular complexity index is 674. The molecular formula is C16H16N2OS. The first-order valence-corrected chi connectivity index (χ1v) is 7.38. The first kappa shape index (κ1) is 12.9. The fourth-order valence-electron chi connectivity index (χ4n) is 2.08. The molecular weight excluding hydrogens is 268 g/mol. The van der Waals surface area contributed by atoms with Crippen LogP contribution in [-0.4, -0.2) is 12.0 Å². The highest BCUT2D eigenvalue weighted by molar-refractivity contribution is 7.13. The van der Waals surface area contributed by atoms with Gasteiger partial charge in [0.2, 0.25) is 5.89 Å². The van der Waals surface area contributed by atoms with Crippen molar-refractivity contribution in [3.63, 3.8) is 0 Å². The number of nitrogens with zero attached hydrogens (tertiary/aromatic N) is 2. The molecule has 0 fully saturated rings. The van der Waals surface area contributed by atoms with Crippen LogP contribution in [0.15, 0.2) is 52.3 Å². The summed E-state index contributed by atoms with van der Waals surface area (Å²) < 4.78 is 5.77. The predicted molar refractivity (Wildman–Crippen MR) is 83.1 cm³/mol. The highest BCUT2D eigenvalue weighted by Crippen LogP contribution is 2.26. The molecule has 0 N–H and O–H groups in total. The molecule has 102 valence electrons. The summed E-state index contributed by atoms with van der Waals surface area (Å²) in [6, 6.07) is 14.3. The average Bonchev–Trinajstić information content (AvgIpc) is 3.10. The van der Waals surface area contributed by atoms with Gasteiger partial charge in [0.25, 0.3) is 0 Å². The monoisotopic (exact) mass is 284 g/mol. The van der Waals surface area contributed by atoms with Crippen molar-refractivity contribution in [2.45, 2.75) is 13.5 Å². The summed E-state index contributed by atoms with van der Waals surface area (Å²) in [6.07, 6.45) is 0. The second kappa shape index (κ2) is 5.51. The zero-order chi connectivity index (χ0) is 13.9. The van der Waals surface area contributed by atoms with Crippen molar-refractivity contribution in [3.05, 3.63) is 59.3 Å². The van der Waals surface area contributed by atoms with Crippen LogP contribution in [0.2, 0.25) is 0 Å². The molecule has 0 saturated carbocycles. The lowest BCUT2D eigenvalue weighted by Gasteiger charge is -2.17. The Kier molecular flexibility index (Phi) is 3.56. The van der Waals surface area contributed by atoms with E-state index in [1.54, 1.807) is 11.3 Å². The van der Waals surface area contributed by atoms with Gasteiger partial charge in [-0.3, -0.25) is 0 Å². The summed E-state index contributed by atoms with van der Waals surface area (Å²) in [4.78, 5) is 7.86. The van der Waals surface area contributed by atoms with Gasteiger partial charge in [0.15, 0.2) is 0 Å². The Morgan fingerprint density at radius 1 is 1.15 bits per heavy atom. The number of thiophene rings is 1. The average molecular weight is 284 g/mol. The quantitative estimate of drug-likeness (QED) is 0.713. The van der Waals surface area contributed by atoms with E-state index in [1.165, 1.54) is 5.69 Å². The Morgan fingerprint density at radius 2 is 1.95 bits per heavy atom. The van der Waals surface area contributed by atoms with Gasteiger partial charge in [0, 0.05) is 12.7 Å². The molecule has 20 heavy (non-hydrogen) atoms. The standard InChI is InChI=1S/C16H16N2OS/c1-12-14(11-18(2)13-7-4-3-5-8-13)17-16(19-12)15-9-6-10-20-15/h3-10H,11H2,1-2H3. The van der Waals surface area contributed by atoms with E-state index < -0.39 is 0 Å². The number of hydrogen-bond acceptors (Lipinski definition) is 4. The van der Waals surface area contributed by atoms with Crippen LogP contribution in [0.25, 0.3) is 10.8 Å². The molecule has 0 aliphatic rings. The molecule has 3 nitrogen and oxygen atoms in total. The molecule has 0 bridgehead atoms. The molecule has 0 atom stereocenters. The number of aryl methyl sites for hydroxylation is 1. The number of oxazole rings is 1. The molecule has 3 aromatic rings. The normalized spacial score (nSPS) is 10.7. The van der Waals surface area contributed by atoms with E-state index in [0.29, 0.717) is 5.89 Å². The topological polar surface area (TPSA) is 29.3 Å². The fourth-order valence-corrected chi connectivity index (χ4v) is 2.73. The molecule has 3 rings (SSSR count). The van der Waals surface area contributed by atoms with Crippen molar-refractivity contribution in [1.29, 1.82) is 0 Å². The minimum atomic E-state index is 0.717. The minimum absolute atomic E-state index is 0.717. The van der Waals surface area contributed by atoms with E-state index in [0.717, 1.165) is 22.9 Å². The molecule has 0 spiro atoms. The molecule has 1 aromatic carbocycles. The molecule has 2 aromatic heterocycles. The van der Waals surface area contributed by atoms with Crippen LogP contribution in [0, 0.1) is 6.92 Å². The summed E-state index contributed by atoms with van der Waals surface area (Å²) in [5.41, 5.74) is 2.16. The number of anilines is 1. The minimum Gasteiger partial charge on any atom is -0.440 e. The van der Waals surface area contributed by atoms with Gasteiger partial charge < -0.3 is 9.32 Å². The number of aromatic nitrogens is 1. The maximum Gasteiger partial charge on any atom is 0.236 e. The van der Waals surface area contributed by atoms with Gasteiger partial charge in [-0.05, 0) is 30.5 Å². The lowest BCUT2D eigenvalue weighted by Crippen LogP contribution is -2.16. The Balaban J connectivity index is 1.81. The van der Waals surface area contributed by atoms with Crippen molar-refractivity contribution in [1.82, 2.24) is 4.98 Å². The summed E-state index contributed by atoms with van der Waals surface area (Å²) in [5, 5.41) is 2.03. The van der Waals surface area contributed by atoms with Crippen molar-refractivity contribution in [2.75, 3.05) is 11.9 Å². The van der Waals surface area contributed by atoms with E-state index in [1.807, 2.05) is 42.6 Å². The molecule has 4 heteroatoms. The summed E-state index contributed by atoms with van der Waals surface area (Å²) in [6.45, 7) is 2.71. The number of hydrogen-bond donors (Lipinski definition) is 0. The molecule has 0 unspecified atom stereocenters. The van der Waals surface area contributed by atoms with Gasteiger partial charge in [-0.25, -0.2) is 4.98 Å². The van der Waals surface area contributed by atoms with Gasteiger partial charge in [-0.2, -0.15) is 0 Å². The van der Waals surface area contributed by atoms with Crippen molar-refractivity contribution in [2.24, 2.45) is 0 Å². The maximum atomic E-state index is 5.77. The summed E-state index contributed by atoms with van der Waals surface area (Å²) in [7, 11) is 2.06. The van der Waals surface area contributed by atoms with Crippen LogP contribution in [0.4, 0.5) is 5.69 Å². The van der Waals surface area contributed by atoms with Gasteiger partial charge in [0.05, 0.1) is 11.4 Å². The van der Waals surface area contributed by atoms with Crippen molar-refractivity contribution < 1.29 is 4.42 Å². The van der Waals surface area contributed by atoms with E-state index in [4.69, 9.17) is 4.42 Å². The molecule has 0 radical (unpaired) electrons. The van der Waals surface area contributed by atoms with E-state index in [9.17, 15) is 0 Å². The van der Waals surface area contributed by atoms with E-state index >= 15 is 0 Å². The first-order valence-electron chi connectivity index (χ1n) is 6.50. The first-order chi connectivity index (χ1) is 9.74. The van der Waals surface area contributed by atoms with Gasteiger partial charge in [-0.15, -0.1) is 11.3 Å². The Morgan fingerprint density at radius 3 is 2.65 bits per heavy atom. The molecule has 0 aliphatic carbocycles. The Labute approximate surface area is 122 Å². The second-order valence-corrected chi connectivity index (χ2v) is 5.64. The smallest absolute Gasteiger partial charge is 0.236 e. The van der Waals surface area contributed by atoms with E-state index in [-0.39, 0.29) is 0 Å². The van der Waals surface area contributed by atoms with Crippen LogP contribution < -0.4 is 4.90 Å². The highest BCUT2D eigenvalue weighted by Gasteiger charge is 2.13. The molecule has 2 heterocycles. The third kappa shape index (κ3) is 2.60. The lowest BCUT2D eigenvalue weighted by molar-refractivity contribution is 0.540. The van der Waals surface area contributed by atoms with Gasteiger partial charge >= 0.3 is 0 Å². The van der Waals surface area contributed by atoms with Crippen molar-refractivity contribution >= 4 is 17.0 Å². The second-order valence-electron chi connectivity index (χ2n) is 4.69. The zero-order valence-corrected chi connectivity index (χ0v) is 12.4. The largest absolute Gasteiger partial charge is 0.440 e. The molecule has 0 saturated heterocycles. The van der Waals surface area contributed by atoms with Crippen LogP contribution in [0.1, 0.15) is 11.5 Å². The number of rotatable bonds is 4. The fraction of sp³-hybridized carbons (Fsp3) is 0.188.